The highest BCUT2D eigenvalue weighted by Crippen LogP contribution is 2.25. The molecule has 1 aromatic carbocycles. The molecule has 1 aromatic heterocycles. The summed E-state index contributed by atoms with van der Waals surface area (Å²) in [6, 6.07) is 10.2. The summed E-state index contributed by atoms with van der Waals surface area (Å²) < 4.78 is 5.10. The van der Waals surface area contributed by atoms with Crippen molar-refractivity contribution in [2.24, 2.45) is 5.92 Å². The van der Waals surface area contributed by atoms with Crippen molar-refractivity contribution in [1.29, 1.82) is 0 Å². The van der Waals surface area contributed by atoms with E-state index in [0.717, 1.165) is 6.42 Å². The number of amides is 2. The lowest BCUT2D eigenvalue weighted by molar-refractivity contribution is 0.0650. The van der Waals surface area contributed by atoms with Gasteiger partial charge in [0.15, 0.2) is 5.78 Å². The van der Waals surface area contributed by atoms with Gasteiger partial charge in [-0.2, -0.15) is 0 Å². The monoisotopic (exact) mass is 441 g/mol. The first-order chi connectivity index (χ1) is 15.0. The van der Waals surface area contributed by atoms with Gasteiger partial charge in [-0.05, 0) is 55.7 Å². The third-order valence-electron chi connectivity index (χ3n) is 5.96. The van der Waals surface area contributed by atoms with Crippen LogP contribution in [0.2, 0.25) is 5.02 Å². The summed E-state index contributed by atoms with van der Waals surface area (Å²) in [5.74, 6) is 0.362. The number of benzene rings is 1. The smallest absolute Gasteiger partial charge is 0.415 e. The summed E-state index contributed by atoms with van der Waals surface area (Å²) in [6.45, 7) is 3.36. The van der Waals surface area contributed by atoms with Crippen LogP contribution in [0.4, 0.5) is 10.6 Å². The number of ether oxygens (including phenoxy) is 1. The number of rotatable bonds is 5. The topological polar surface area (TPSA) is 79.8 Å². The van der Waals surface area contributed by atoms with Crippen molar-refractivity contribution in [2.75, 3.05) is 24.6 Å². The zero-order chi connectivity index (χ0) is 22.0. The number of piperidine rings is 1. The Balaban J connectivity index is 1.37. The minimum atomic E-state index is -0.411. The van der Waals surface area contributed by atoms with Crippen LogP contribution in [0.1, 0.15) is 46.9 Å². The van der Waals surface area contributed by atoms with Crippen LogP contribution >= 0.6 is 11.6 Å². The van der Waals surface area contributed by atoms with Crippen molar-refractivity contribution in [3.05, 3.63) is 58.7 Å². The molecule has 0 radical (unpaired) electrons. The number of Topliss-reactive ketones (excluding diaryl/α,β-unsaturated/α-hetero) is 1. The van der Waals surface area contributed by atoms with Crippen molar-refractivity contribution < 1.29 is 19.1 Å². The van der Waals surface area contributed by atoms with Crippen LogP contribution in [0.15, 0.2) is 42.6 Å². The van der Waals surface area contributed by atoms with E-state index in [1.807, 2.05) is 6.92 Å². The van der Waals surface area contributed by atoms with Gasteiger partial charge in [0, 0.05) is 35.8 Å². The number of aromatic nitrogens is 1. The number of halogens is 1. The van der Waals surface area contributed by atoms with Crippen molar-refractivity contribution >= 4 is 35.2 Å². The lowest BCUT2D eigenvalue weighted by Crippen LogP contribution is -2.40. The number of hydrogen-bond acceptors (Lipinski definition) is 5. The van der Waals surface area contributed by atoms with E-state index < -0.39 is 6.09 Å². The molecule has 2 fully saturated rings. The molecule has 1 atom stereocenters. The molecule has 0 spiro atoms. The van der Waals surface area contributed by atoms with Crippen LogP contribution in [0, 0.1) is 5.92 Å². The molecule has 0 saturated carbocycles. The normalized spacial score (nSPS) is 19.4. The molecular weight excluding hydrogens is 418 g/mol. The first-order valence-corrected chi connectivity index (χ1v) is 10.9. The summed E-state index contributed by atoms with van der Waals surface area (Å²) >= 11 is 5.90. The van der Waals surface area contributed by atoms with Gasteiger partial charge in [0.2, 0.25) is 0 Å². The maximum Gasteiger partial charge on any atom is 0.415 e. The van der Waals surface area contributed by atoms with Crippen molar-refractivity contribution in [1.82, 2.24) is 9.88 Å². The minimum Gasteiger partial charge on any atom is -0.447 e. The molecule has 3 heterocycles. The Hall–Kier alpha value is -2.93. The zero-order valence-electron chi connectivity index (χ0n) is 17.3. The third kappa shape index (κ3) is 4.42. The Kier molecular flexibility index (Phi) is 6.23. The van der Waals surface area contributed by atoms with Crippen LogP contribution in [0.25, 0.3) is 0 Å². The number of pyridine rings is 1. The van der Waals surface area contributed by atoms with Gasteiger partial charge in [0.25, 0.3) is 5.91 Å². The lowest BCUT2D eigenvalue weighted by Gasteiger charge is -2.31. The molecule has 0 aliphatic carbocycles. The molecular formula is C23H24ClN3O4. The maximum absolute atomic E-state index is 12.9. The highest BCUT2D eigenvalue weighted by molar-refractivity contribution is 6.30. The molecule has 2 saturated heterocycles. The van der Waals surface area contributed by atoms with Gasteiger partial charge in [-0.1, -0.05) is 18.5 Å². The summed E-state index contributed by atoms with van der Waals surface area (Å²) in [6.07, 6.45) is 3.09. The Morgan fingerprint density at radius 2 is 1.77 bits per heavy atom. The SMILES string of the molecule is CC[C@@H]1COC(=O)N1c1ccc(C(=O)N2CCC(C(=O)c3ccc(Cl)cc3)CC2)cn1. The fourth-order valence-electron chi connectivity index (χ4n) is 4.07. The van der Waals surface area contributed by atoms with E-state index in [0.29, 0.717) is 54.5 Å². The fraction of sp³-hybridized carbons (Fsp3) is 0.391. The van der Waals surface area contributed by atoms with Gasteiger partial charge >= 0.3 is 6.09 Å². The molecule has 0 unspecified atom stereocenters. The quantitative estimate of drug-likeness (QED) is 0.649. The second-order valence-electron chi connectivity index (χ2n) is 7.85. The van der Waals surface area contributed by atoms with Crippen molar-refractivity contribution in [3.63, 3.8) is 0 Å². The fourth-order valence-corrected chi connectivity index (χ4v) is 4.20. The minimum absolute atomic E-state index is 0.0428. The van der Waals surface area contributed by atoms with Gasteiger partial charge in [-0.15, -0.1) is 0 Å². The zero-order valence-corrected chi connectivity index (χ0v) is 18.0. The Morgan fingerprint density at radius 3 is 2.39 bits per heavy atom. The molecule has 2 aliphatic rings. The van der Waals surface area contributed by atoms with E-state index in [1.165, 1.54) is 11.1 Å². The molecule has 0 N–H and O–H groups in total. The third-order valence-corrected chi connectivity index (χ3v) is 6.21. The van der Waals surface area contributed by atoms with E-state index >= 15 is 0 Å². The number of hydrogen-bond donors (Lipinski definition) is 0. The van der Waals surface area contributed by atoms with Crippen LogP contribution in [0.3, 0.4) is 0 Å². The Bertz CT molecular complexity index is 969. The second kappa shape index (κ2) is 9.06. The van der Waals surface area contributed by atoms with E-state index in [2.05, 4.69) is 4.98 Å². The first kappa shape index (κ1) is 21.3. The molecule has 4 rings (SSSR count). The van der Waals surface area contributed by atoms with Crippen molar-refractivity contribution in [3.8, 4) is 0 Å². The summed E-state index contributed by atoms with van der Waals surface area (Å²) in [7, 11) is 0. The molecule has 0 bridgehead atoms. The number of likely N-dealkylation sites (tertiary alicyclic amines) is 1. The van der Waals surface area contributed by atoms with Gasteiger partial charge in [0.05, 0.1) is 11.6 Å². The number of carbonyl (C=O) groups excluding carboxylic acids is 3. The van der Waals surface area contributed by atoms with Gasteiger partial charge in [-0.25, -0.2) is 9.78 Å². The molecule has 2 amide bonds. The van der Waals surface area contributed by atoms with Crippen LogP contribution in [-0.4, -0.2) is 53.4 Å². The molecule has 2 aromatic rings. The molecule has 7 nitrogen and oxygen atoms in total. The molecule has 2 aliphatic heterocycles. The molecule has 162 valence electrons. The Labute approximate surface area is 185 Å². The first-order valence-electron chi connectivity index (χ1n) is 10.5. The van der Waals surface area contributed by atoms with Gasteiger partial charge in [-0.3, -0.25) is 14.5 Å². The van der Waals surface area contributed by atoms with Crippen LogP contribution in [0.5, 0.6) is 0 Å². The number of carbonyl (C=O) groups is 3. The van der Waals surface area contributed by atoms with Crippen molar-refractivity contribution in [2.45, 2.75) is 32.2 Å². The standard InChI is InChI=1S/C23H24ClN3O4/c1-2-19-14-31-23(30)27(19)20-8-5-17(13-25-20)22(29)26-11-9-16(10-12-26)21(28)15-3-6-18(24)7-4-15/h3-8,13,16,19H,2,9-12,14H2,1H3/t19-/m1/s1. The van der Waals surface area contributed by atoms with Gasteiger partial charge < -0.3 is 9.64 Å². The number of cyclic esters (lactones) is 1. The number of anilines is 1. The predicted octanol–water partition coefficient (Wildman–Crippen LogP) is 4.21. The molecule has 31 heavy (non-hydrogen) atoms. The van der Waals surface area contributed by atoms with Crippen LogP contribution < -0.4 is 4.90 Å². The second-order valence-corrected chi connectivity index (χ2v) is 8.29. The summed E-state index contributed by atoms with van der Waals surface area (Å²) in [4.78, 5) is 45.2. The lowest BCUT2D eigenvalue weighted by atomic mass is 9.88. The molecule has 8 heteroatoms. The average molecular weight is 442 g/mol. The van der Waals surface area contributed by atoms with E-state index in [9.17, 15) is 14.4 Å². The maximum atomic E-state index is 12.9. The highest BCUT2D eigenvalue weighted by Gasteiger charge is 2.34. The van der Waals surface area contributed by atoms with E-state index in [-0.39, 0.29) is 23.7 Å². The summed E-state index contributed by atoms with van der Waals surface area (Å²) in [5.41, 5.74) is 1.12. The van der Waals surface area contributed by atoms with E-state index in [1.54, 1.807) is 41.3 Å². The largest absolute Gasteiger partial charge is 0.447 e. The average Bonchev–Trinajstić information content (AvgIpc) is 3.19. The highest BCUT2D eigenvalue weighted by atomic mass is 35.5. The Morgan fingerprint density at radius 1 is 1.10 bits per heavy atom. The van der Waals surface area contributed by atoms with Crippen LogP contribution in [-0.2, 0) is 4.74 Å². The van der Waals surface area contributed by atoms with E-state index in [4.69, 9.17) is 16.3 Å². The predicted molar refractivity (Wildman–Crippen MR) is 117 cm³/mol. The summed E-state index contributed by atoms with van der Waals surface area (Å²) in [5, 5.41) is 0.600. The van der Waals surface area contributed by atoms with Gasteiger partial charge in [0.1, 0.15) is 12.4 Å². The number of ketones is 1. The number of nitrogens with zero attached hydrogens (tertiary/aromatic N) is 3.